The second kappa shape index (κ2) is 7.94. The first kappa shape index (κ1) is 19.1. The van der Waals surface area contributed by atoms with Crippen molar-refractivity contribution in [1.82, 2.24) is 0 Å². The Hall–Kier alpha value is -2.64. The average Bonchev–Trinajstić information content (AvgIpc) is 2.66. The number of fused-ring (bicyclic) bond motifs is 1. The van der Waals surface area contributed by atoms with Crippen molar-refractivity contribution in [3.8, 4) is 0 Å². The fourth-order valence-corrected chi connectivity index (χ4v) is 4.41. The molecule has 7 heteroatoms. The van der Waals surface area contributed by atoms with Crippen LogP contribution < -0.4 is 4.72 Å². The molecule has 0 aliphatic heterocycles. The molecule has 0 aliphatic rings. The number of ketones is 1. The van der Waals surface area contributed by atoms with E-state index in [0.29, 0.717) is 16.6 Å². The molecule has 3 aromatic carbocycles. The fraction of sp³-hybridized carbons (Fsp3) is 0.100. The minimum Gasteiger partial charge on any atom is -0.293 e. The van der Waals surface area contributed by atoms with Crippen LogP contribution in [0.3, 0.4) is 0 Å². The zero-order valence-electron chi connectivity index (χ0n) is 14.5. The molecule has 0 aliphatic carbocycles. The Morgan fingerprint density at radius 3 is 2.30 bits per heavy atom. The summed E-state index contributed by atoms with van der Waals surface area (Å²) in [6, 6.07) is 18.5. The molecule has 0 saturated carbocycles. The number of rotatable bonds is 6. The third-order valence-electron chi connectivity index (χ3n) is 3.90. The van der Waals surface area contributed by atoms with Crippen molar-refractivity contribution >= 4 is 49.1 Å². The van der Waals surface area contributed by atoms with Crippen LogP contribution in [-0.4, -0.2) is 25.1 Å². The van der Waals surface area contributed by atoms with Crippen LogP contribution >= 0.6 is 11.8 Å². The number of sulfonamides is 1. The number of benzene rings is 3. The van der Waals surface area contributed by atoms with Crippen molar-refractivity contribution in [2.24, 2.45) is 0 Å². The molecule has 0 heterocycles. The SMILES string of the molecule is CC(=O)SCC(=O)c1ccc(NS(=O)(=O)c2cccc3ccccc23)cc1. The van der Waals surface area contributed by atoms with Crippen LogP contribution in [0.5, 0.6) is 0 Å². The Morgan fingerprint density at radius 1 is 0.926 bits per heavy atom. The molecule has 0 unspecified atom stereocenters. The lowest BCUT2D eigenvalue weighted by Gasteiger charge is -2.11. The van der Waals surface area contributed by atoms with E-state index in [4.69, 9.17) is 0 Å². The zero-order valence-corrected chi connectivity index (χ0v) is 16.1. The standard InChI is InChI=1S/C20H17NO4S2/c1-14(22)26-13-19(23)16-9-11-17(12-10-16)21-27(24,25)20-8-4-6-15-5-2-3-7-18(15)20/h2-12,21H,13H2,1H3. The van der Waals surface area contributed by atoms with Gasteiger partial charge in [0.1, 0.15) is 0 Å². The van der Waals surface area contributed by atoms with Gasteiger partial charge in [0.2, 0.25) is 0 Å². The number of carbonyl (C=O) groups excluding carboxylic acids is 2. The molecule has 0 fully saturated rings. The van der Waals surface area contributed by atoms with E-state index in [1.165, 1.54) is 19.1 Å². The van der Waals surface area contributed by atoms with Crippen molar-refractivity contribution in [3.05, 3.63) is 72.3 Å². The molecule has 0 saturated heterocycles. The summed E-state index contributed by atoms with van der Waals surface area (Å²) in [5, 5.41) is 1.35. The van der Waals surface area contributed by atoms with Gasteiger partial charge in [0.05, 0.1) is 10.6 Å². The highest BCUT2D eigenvalue weighted by atomic mass is 32.2. The van der Waals surface area contributed by atoms with Gasteiger partial charge >= 0.3 is 0 Å². The van der Waals surface area contributed by atoms with Crippen LogP contribution in [0.2, 0.25) is 0 Å². The smallest absolute Gasteiger partial charge is 0.262 e. The van der Waals surface area contributed by atoms with Crippen LogP contribution in [-0.2, 0) is 14.8 Å². The van der Waals surface area contributed by atoms with Gasteiger partial charge in [-0.25, -0.2) is 8.42 Å². The van der Waals surface area contributed by atoms with Crippen molar-refractivity contribution in [2.75, 3.05) is 10.5 Å². The molecule has 0 atom stereocenters. The number of thioether (sulfide) groups is 1. The molecule has 1 N–H and O–H groups in total. The molecule has 0 bridgehead atoms. The van der Waals surface area contributed by atoms with Gasteiger partial charge in [0.15, 0.2) is 10.9 Å². The van der Waals surface area contributed by atoms with E-state index in [1.54, 1.807) is 36.4 Å². The van der Waals surface area contributed by atoms with Crippen LogP contribution in [0.25, 0.3) is 10.8 Å². The zero-order chi connectivity index (χ0) is 19.4. The Kier molecular flexibility index (Phi) is 5.62. The lowest BCUT2D eigenvalue weighted by Crippen LogP contribution is -2.13. The highest BCUT2D eigenvalue weighted by molar-refractivity contribution is 8.14. The maximum absolute atomic E-state index is 12.8. The maximum atomic E-state index is 12.8. The Labute approximate surface area is 161 Å². The highest BCUT2D eigenvalue weighted by Crippen LogP contribution is 2.25. The second-order valence-corrected chi connectivity index (χ2v) is 8.67. The number of Topliss-reactive ketones (excluding diaryl/α,β-unsaturated/α-hetero) is 1. The molecule has 0 amide bonds. The summed E-state index contributed by atoms with van der Waals surface area (Å²) in [5.74, 6) is -0.116. The molecule has 3 aromatic rings. The van der Waals surface area contributed by atoms with Crippen LogP contribution in [0, 0.1) is 0 Å². The van der Waals surface area contributed by atoms with Crippen molar-refractivity contribution in [2.45, 2.75) is 11.8 Å². The summed E-state index contributed by atoms with van der Waals surface area (Å²) >= 11 is 0.947. The lowest BCUT2D eigenvalue weighted by atomic mass is 10.1. The molecule has 27 heavy (non-hydrogen) atoms. The molecule has 3 rings (SSSR count). The molecule has 0 spiro atoms. The first-order valence-corrected chi connectivity index (χ1v) is 10.6. The first-order valence-electron chi connectivity index (χ1n) is 8.14. The van der Waals surface area contributed by atoms with E-state index in [0.717, 1.165) is 17.1 Å². The van der Waals surface area contributed by atoms with Crippen molar-refractivity contribution in [1.29, 1.82) is 0 Å². The summed E-state index contributed by atoms with van der Waals surface area (Å²) in [6.45, 7) is 1.41. The van der Waals surface area contributed by atoms with Gasteiger partial charge in [0.25, 0.3) is 10.0 Å². The Morgan fingerprint density at radius 2 is 1.59 bits per heavy atom. The minimum atomic E-state index is -3.78. The van der Waals surface area contributed by atoms with Gasteiger partial charge in [-0.3, -0.25) is 14.3 Å². The average molecular weight is 399 g/mol. The van der Waals surface area contributed by atoms with E-state index >= 15 is 0 Å². The van der Waals surface area contributed by atoms with Crippen LogP contribution in [0.15, 0.2) is 71.6 Å². The van der Waals surface area contributed by atoms with Gasteiger partial charge in [0, 0.05) is 23.6 Å². The van der Waals surface area contributed by atoms with Gasteiger partial charge in [-0.2, -0.15) is 0 Å². The second-order valence-electron chi connectivity index (χ2n) is 5.86. The summed E-state index contributed by atoms with van der Waals surface area (Å²) in [6.07, 6.45) is 0. The number of nitrogens with one attached hydrogen (secondary N) is 1. The van der Waals surface area contributed by atoms with Crippen molar-refractivity contribution in [3.63, 3.8) is 0 Å². The van der Waals surface area contributed by atoms with E-state index in [9.17, 15) is 18.0 Å². The molecular weight excluding hydrogens is 382 g/mol. The van der Waals surface area contributed by atoms with E-state index in [2.05, 4.69) is 4.72 Å². The summed E-state index contributed by atoms with van der Waals surface area (Å²) < 4.78 is 28.1. The summed E-state index contributed by atoms with van der Waals surface area (Å²) in [7, 11) is -3.78. The molecule has 0 radical (unpaired) electrons. The van der Waals surface area contributed by atoms with Gasteiger partial charge < -0.3 is 0 Å². The largest absolute Gasteiger partial charge is 0.293 e. The molecule has 0 aromatic heterocycles. The maximum Gasteiger partial charge on any atom is 0.262 e. The lowest BCUT2D eigenvalue weighted by molar-refractivity contribution is -0.109. The van der Waals surface area contributed by atoms with E-state index in [-0.39, 0.29) is 21.5 Å². The molecular formula is C20H17NO4S2. The number of hydrogen-bond acceptors (Lipinski definition) is 5. The highest BCUT2D eigenvalue weighted by Gasteiger charge is 2.17. The Bertz CT molecular complexity index is 1100. The number of anilines is 1. The summed E-state index contributed by atoms with van der Waals surface area (Å²) in [5.41, 5.74) is 0.788. The predicted molar refractivity (Wildman–Crippen MR) is 109 cm³/mol. The normalized spacial score (nSPS) is 11.3. The van der Waals surface area contributed by atoms with E-state index in [1.807, 2.05) is 18.2 Å². The van der Waals surface area contributed by atoms with Gasteiger partial charge in [-0.1, -0.05) is 48.2 Å². The third-order valence-corrected chi connectivity index (χ3v) is 6.16. The first-order chi connectivity index (χ1) is 12.9. The quantitative estimate of drug-likeness (QED) is 0.631. The van der Waals surface area contributed by atoms with E-state index < -0.39 is 10.0 Å². The third kappa shape index (κ3) is 4.56. The summed E-state index contributed by atoms with van der Waals surface area (Å²) in [4.78, 5) is 23.1. The molecule has 5 nitrogen and oxygen atoms in total. The van der Waals surface area contributed by atoms with Crippen LogP contribution in [0.4, 0.5) is 5.69 Å². The topological polar surface area (TPSA) is 80.3 Å². The number of hydrogen-bond donors (Lipinski definition) is 1. The Balaban J connectivity index is 1.82. The number of carbonyl (C=O) groups is 2. The van der Waals surface area contributed by atoms with Gasteiger partial charge in [-0.05, 0) is 35.7 Å². The predicted octanol–water partition coefficient (Wildman–Crippen LogP) is 4.10. The van der Waals surface area contributed by atoms with Gasteiger partial charge in [-0.15, -0.1) is 0 Å². The molecule has 138 valence electrons. The van der Waals surface area contributed by atoms with Crippen LogP contribution in [0.1, 0.15) is 17.3 Å². The fourth-order valence-electron chi connectivity index (χ4n) is 2.61. The minimum absolute atomic E-state index is 0.0659. The monoisotopic (exact) mass is 399 g/mol. The van der Waals surface area contributed by atoms with Crippen molar-refractivity contribution < 1.29 is 18.0 Å².